The van der Waals surface area contributed by atoms with Crippen LogP contribution in [0, 0.1) is 5.41 Å². The minimum Gasteiger partial charge on any atom is -0.499 e. The predicted molar refractivity (Wildman–Crippen MR) is 95.3 cm³/mol. The lowest BCUT2D eigenvalue weighted by molar-refractivity contribution is -0.708. The van der Waals surface area contributed by atoms with Crippen LogP contribution in [0.5, 0.6) is 0 Å². The monoisotopic (exact) mass is 329 g/mol. The first-order valence-electron chi connectivity index (χ1n) is 7.79. The zero-order valence-corrected chi connectivity index (χ0v) is 13.9. The van der Waals surface area contributed by atoms with Crippen LogP contribution in [0.2, 0.25) is 0 Å². The van der Waals surface area contributed by atoms with Crippen LogP contribution >= 0.6 is 0 Å². The first-order valence-corrected chi connectivity index (χ1v) is 7.79. The van der Waals surface area contributed by atoms with E-state index >= 15 is 0 Å². The lowest BCUT2D eigenvalue weighted by Crippen LogP contribution is -2.41. The molecule has 24 heavy (non-hydrogen) atoms. The molecular formula is C18H25N4O2+. The van der Waals surface area contributed by atoms with Gasteiger partial charge in [0, 0.05) is 18.7 Å². The van der Waals surface area contributed by atoms with Gasteiger partial charge in [-0.15, -0.1) is 13.2 Å². The van der Waals surface area contributed by atoms with Gasteiger partial charge in [0.05, 0.1) is 32.1 Å². The largest absolute Gasteiger partial charge is 0.499 e. The third-order valence-corrected chi connectivity index (χ3v) is 2.89. The number of hydrogen-bond acceptors (Lipinski definition) is 4. The second-order valence-corrected chi connectivity index (χ2v) is 4.75. The molecule has 1 rings (SSSR count). The molecule has 6 nitrogen and oxygen atoms in total. The fourth-order valence-corrected chi connectivity index (χ4v) is 1.79. The molecule has 0 radical (unpaired) electrons. The van der Waals surface area contributed by atoms with Crippen molar-refractivity contribution in [2.24, 2.45) is 4.99 Å². The van der Waals surface area contributed by atoms with Gasteiger partial charge in [-0.05, 0) is 6.08 Å². The molecule has 0 aliphatic carbocycles. The van der Waals surface area contributed by atoms with Crippen molar-refractivity contribution in [2.75, 3.05) is 19.8 Å². The minimum absolute atomic E-state index is 0.265. The van der Waals surface area contributed by atoms with Crippen molar-refractivity contribution in [1.82, 2.24) is 4.98 Å². The topological polar surface area (TPSA) is 71.4 Å². The fourth-order valence-electron chi connectivity index (χ4n) is 1.79. The number of rotatable bonds is 12. The lowest BCUT2D eigenvalue weighted by Gasteiger charge is -2.05. The van der Waals surface area contributed by atoms with E-state index in [4.69, 9.17) is 14.9 Å². The Kier molecular flexibility index (Phi) is 10.4. The molecule has 0 aliphatic rings. The SMILES string of the molecule is C=CCC(=N)N=C/C=C\OCCOCC[n+]1cccnc1CC=C. The van der Waals surface area contributed by atoms with Crippen molar-refractivity contribution in [2.45, 2.75) is 19.4 Å². The Morgan fingerprint density at radius 3 is 2.96 bits per heavy atom. The van der Waals surface area contributed by atoms with Gasteiger partial charge in [-0.3, -0.25) is 5.41 Å². The Bertz CT molecular complexity index is 582. The van der Waals surface area contributed by atoms with Gasteiger partial charge >= 0.3 is 5.82 Å². The molecule has 0 saturated carbocycles. The third-order valence-electron chi connectivity index (χ3n) is 2.89. The Balaban J connectivity index is 2.11. The summed E-state index contributed by atoms with van der Waals surface area (Å²) < 4.78 is 12.9. The maximum atomic E-state index is 7.42. The van der Waals surface area contributed by atoms with E-state index in [1.165, 1.54) is 12.5 Å². The van der Waals surface area contributed by atoms with Crippen LogP contribution in [0.1, 0.15) is 12.2 Å². The van der Waals surface area contributed by atoms with Crippen molar-refractivity contribution in [3.63, 3.8) is 0 Å². The first-order chi connectivity index (χ1) is 11.8. The van der Waals surface area contributed by atoms with Crippen molar-refractivity contribution in [3.05, 3.63) is 61.9 Å². The van der Waals surface area contributed by atoms with Crippen LogP contribution in [-0.4, -0.2) is 36.9 Å². The summed E-state index contributed by atoms with van der Waals surface area (Å²) >= 11 is 0. The van der Waals surface area contributed by atoms with Crippen molar-refractivity contribution >= 4 is 12.1 Å². The third kappa shape index (κ3) is 8.75. The lowest BCUT2D eigenvalue weighted by atomic mass is 10.3. The van der Waals surface area contributed by atoms with Crippen LogP contribution < -0.4 is 4.57 Å². The van der Waals surface area contributed by atoms with Gasteiger partial charge in [-0.2, -0.15) is 0 Å². The number of nitrogens with zero attached hydrogens (tertiary/aromatic N) is 3. The average molecular weight is 329 g/mol. The Labute approximate surface area is 143 Å². The fraction of sp³-hybridized carbons (Fsp3) is 0.333. The summed E-state index contributed by atoms with van der Waals surface area (Å²) in [7, 11) is 0. The van der Waals surface area contributed by atoms with Gasteiger partial charge < -0.3 is 9.47 Å². The van der Waals surface area contributed by atoms with Crippen molar-refractivity contribution in [1.29, 1.82) is 5.41 Å². The van der Waals surface area contributed by atoms with E-state index in [2.05, 4.69) is 27.7 Å². The number of hydrogen-bond donors (Lipinski definition) is 1. The molecule has 0 aromatic carbocycles. The summed E-state index contributed by atoms with van der Waals surface area (Å²) in [5, 5.41) is 7.42. The van der Waals surface area contributed by atoms with E-state index in [1.807, 2.05) is 18.3 Å². The van der Waals surface area contributed by atoms with Crippen LogP contribution in [0.3, 0.4) is 0 Å². The van der Waals surface area contributed by atoms with E-state index < -0.39 is 0 Å². The molecule has 1 aromatic heterocycles. The molecule has 0 atom stereocenters. The molecule has 0 amide bonds. The second-order valence-electron chi connectivity index (χ2n) is 4.75. The standard InChI is InChI=1S/C18H25N4O2/c1-3-7-17(19)20-10-6-13-23-15-16-24-14-12-22-11-5-9-21-18(22)8-4-2/h3-6,9-11,13,19H,1-2,7-8,12,14-16H2/q+1/b13-6-,19-17?,20-10?. The summed E-state index contributed by atoms with van der Waals surface area (Å²) in [6.45, 7) is 9.58. The Morgan fingerprint density at radius 2 is 2.17 bits per heavy atom. The smallest absolute Gasteiger partial charge is 0.302 e. The van der Waals surface area contributed by atoms with Crippen molar-refractivity contribution < 1.29 is 14.0 Å². The number of allylic oxidation sites excluding steroid dienone is 2. The van der Waals surface area contributed by atoms with Gasteiger partial charge in [0.1, 0.15) is 25.2 Å². The summed E-state index contributed by atoms with van der Waals surface area (Å²) in [6.07, 6.45) is 13.1. The molecule has 1 N–H and O–H groups in total. The molecule has 128 valence electrons. The van der Waals surface area contributed by atoms with Crippen LogP contribution in [-0.2, 0) is 22.4 Å². The molecule has 0 fully saturated rings. The summed E-state index contributed by atoms with van der Waals surface area (Å²) in [5.74, 6) is 1.23. The molecule has 0 saturated heterocycles. The molecule has 6 heteroatoms. The highest BCUT2D eigenvalue weighted by Crippen LogP contribution is 1.89. The Hall–Kier alpha value is -2.60. The molecule has 0 unspecified atom stereocenters. The quantitative estimate of drug-likeness (QED) is 0.160. The maximum Gasteiger partial charge on any atom is 0.302 e. The number of ether oxygens (including phenoxy) is 2. The number of aliphatic imine (C=N–C) groups is 1. The number of amidine groups is 1. The Morgan fingerprint density at radius 1 is 1.29 bits per heavy atom. The number of aromatic nitrogens is 2. The first kappa shape index (κ1) is 19.4. The normalized spacial score (nSPS) is 11.0. The minimum atomic E-state index is 0.265. The number of nitrogens with one attached hydrogen (secondary N) is 1. The molecule has 0 spiro atoms. The second kappa shape index (κ2) is 12.9. The highest BCUT2D eigenvalue weighted by Gasteiger charge is 2.08. The maximum absolute atomic E-state index is 7.42. The summed E-state index contributed by atoms with van der Waals surface area (Å²) in [5.41, 5.74) is 0. The van der Waals surface area contributed by atoms with E-state index in [9.17, 15) is 0 Å². The highest BCUT2D eigenvalue weighted by molar-refractivity contribution is 5.90. The molecule has 0 bridgehead atoms. The zero-order valence-electron chi connectivity index (χ0n) is 13.9. The van der Waals surface area contributed by atoms with Crippen molar-refractivity contribution in [3.8, 4) is 0 Å². The predicted octanol–water partition coefficient (Wildman–Crippen LogP) is 2.27. The molecule has 1 heterocycles. The zero-order chi connectivity index (χ0) is 17.5. The van der Waals surface area contributed by atoms with Gasteiger partial charge in [0.25, 0.3) is 0 Å². The van der Waals surface area contributed by atoms with Crippen LogP contribution in [0.15, 0.2) is 61.1 Å². The molecular weight excluding hydrogens is 304 g/mol. The average Bonchev–Trinajstić information content (AvgIpc) is 2.58. The van der Waals surface area contributed by atoms with E-state index in [1.54, 1.807) is 18.3 Å². The molecule has 0 aliphatic heterocycles. The van der Waals surface area contributed by atoms with Gasteiger partial charge in [-0.1, -0.05) is 17.1 Å². The van der Waals surface area contributed by atoms with E-state index in [-0.39, 0.29) is 5.84 Å². The highest BCUT2D eigenvalue weighted by atomic mass is 16.5. The van der Waals surface area contributed by atoms with Gasteiger partial charge in [0.2, 0.25) is 0 Å². The van der Waals surface area contributed by atoms with E-state index in [0.717, 1.165) is 18.8 Å². The van der Waals surface area contributed by atoms with Gasteiger partial charge in [0.15, 0.2) is 0 Å². The van der Waals surface area contributed by atoms with Crippen LogP contribution in [0.4, 0.5) is 0 Å². The molecule has 1 aromatic rings. The van der Waals surface area contributed by atoms with Gasteiger partial charge in [-0.25, -0.2) is 9.56 Å². The summed E-state index contributed by atoms with van der Waals surface area (Å²) in [6, 6.07) is 1.90. The summed E-state index contributed by atoms with van der Waals surface area (Å²) in [4.78, 5) is 8.21. The van der Waals surface area contributed by atoms with E-state index in [0.29, 0.717) is 26.2 Å². The van der Waals surface area contributed by atoms with Crippen LogP contribution in [0.25, 0.3) is 0 Å².